The summed E-state index contributed by atoms with van der Waals surface area (Å²) in [5.41, 5.74) is 4.06. The second kappa shape index (κ2) is 43.3. The van der Waals surface area contributed by atoms with E-state index in [9.17, 15) is 47.9 Å². The molecule has 9 bridgehead atoms. The van der Waals surface area contributed by atoms with Crippen LogP contribution in [0.15, 0.2) is 182 Å². The topological polar surface area (TPSA) is 314 Å². The van der Waals surface area contributed by atoms with E-state index < -0.39 is 20.9 Å². The van der Waals surface area contributed by atoms with Gasteiger partial charge in [0.25, 0.3) is 0 Å². The molecule has 126 heavy (non-hydrogen) atoms. The fourth-order valence-corrected chi connectivity index (χ4v) is 12.8. The molecule has 19 rings (SSSR count). The summed E-state index contributed by atoms with van der Waals surface area (Å²) < 4.78 is 84.6. The monoisotopic (exact) mass is 1840 g/mol. The van der Waals surface area contributed by atoms with Crippen molar-refractivity contribution in [3.63, 3.8) is 0 Å². The van der Waals surface area contributed by atoms with Crippen LogP contribution in [0.25, 0.3) is 98.0 Å². The average molecular weight is 1850 g/mol. The van der Waals surface area contributed by atoms with Crippen molar-refractivity contribution in [3.05, 3.63) is 182 Å². The van der Waals surface area contributed by atoms with Gasteiger partial charge in [-0.15, -0.1) is 0 Å². The Kier molecular flexibility index (Phi) is 33.4. The van der Waals surface area contributed by atoms with E-state index in [1.807, 2.05) is 146 Å². The van der Waals surface area contributed by atoms with E-state index in [0.29, 0.717) is 102 Å². The molecular weight excluding hydrogens is 1740 g/mol. The zero-order valence-corrected chi connectivity index (χ0v) is 77.5. The zero-order chi connectivity index (χ0) is 91.4. The van der Waals surface area contributed by atoms with Crippen molar-refractivity contribution in [1.82, 2.24) is 49.0 Å². The first-order valence-corrected chi connectivity index (χ1v) is 38.8. The molecule has 0 N–H and O–H groups in total. The smallest absolute Gasteiger partial charge is 0.609 e. The van der Waals surface area contributed by atoms with Crippen LogP contribution >= 0.6 is 0 Å². The van der Waals surface area contributed by atoms with Crippen LogP contribution in [0.3, 0.4) is 0 Å². The van der Waals surface area contributed by atoms with Crippen LogP contribution in [-0.4, -0.2) is 275 Å². The molecule has 0 aromatic heterocycles. The SMILES string of the molecule is CN(C)C=O.CN(C)C=O.CN(C)C=O.CN(C)C=O.CN(C)C=O.CN(C)C=O.CN(C)C=O.CN(C)C=O.CN(C)C=O.CN(C)C=O.[La+3].c1ccc2c3c4c(cc2c1)O[B-]1(Oc2cc5ccccc5c(c2O1)-c1c2c(cc5ccccc15)O[B-]1(Oc5cc6ccccc6c(c5O1)-c1c5c(cc6ccccc16)O[B-]1(Oc6cc7ccccc7c-3c6O1)O5)O2)O4. The van der Waals surface area contributed by atoms with E-state index in [2.05, 4.69) is 36.4 Å². The zero-order valence-electron chi connectivity index (χ0n) is 73.9. The minimum absolute atomic E-state index is 0. The summed E-state index contributed by atoms with van der Waals surface area (Å²) in [4.78, 5) is 109. The number of hydrogen-bond acceptors (Lipinski definition) is 22. The number of nitrogens with zero attached hydrogens (tertiary/aromatic N) is 10. The van der Waals surface area contributed by atoms with E-state index in [4.69, 9.17) is 55.9 Å². The summed E-state index contributed by atoms with van der Waals surface area (Å²) in [6.45, 7) is -9.20. The summed E-state index contributed by atoms with van der Waals surface area (Å²) >= 11 is 0. The Balaban J connectivity index is 0.000000318. The van der Waals surface area contributed by atoms with Crippen molar-refractivity contribution in [2.75, 3.05) is 141 Å². The maximum Gasteiger partial charge on any atom is 3.00 e. The van der Waals surface area contributed by atoms with Gasteiger partial charge < -0.3 is 105 Å². The quantitative estimate of drug-likeness (QED) is 0.0907. The van der Waals surface area contributed by atoms with Gasteiger partial charge in [-0.3, -0.25) is 47.9 Å². The van der Waals surface area contributed by atoms with E-state index >= 15 is 0 Å². The molecule has 0 radical (unpaired) electrons. The molecule has 12 aromatic rings. The van der Waals surface area contributed by atoms with Gasteiger partial charge in [0.2, 0.25) is 64.1 Å². The van der Waals surface area contributed by atoms with Gasteiger partial charge >= 0.3 is 56.5 Å². The Morgan fingerprint density at radius 3 is 0.389 bits per heavy atom. The van der Waals surface area contributed by atoms with Gasteiger partial charge in [-0.05, 0) is 101 Å². The molecule has 0 aliphatic carbocycles. The number of fused-ring (bicyclic) bond motifs is 15. The van der Waals surface area contributed by atoms with Crippen LogP contribution in [0, 0.1) is 35.6 Å². The molecule has 32 nitrogen and oxygen atoms in total. The second-order valence-corrected chi connectivity index (χ2v) is 30.6. The normalized spacial score (nSPS) is 15.0. The Morgan fingerprint density at radius 2 is 0.286 bits per heavy atom. The average Bonchev–Trinajstić information content (AvgIpc) is 1.53. The molecule has 10 amide bonds. The van der Waals surface area contributed by atoms with Gasteiger partial charge in [0.15, 0.2) is 0 Å². The van der Waals surface area contributed by atoms with Gasteiger partial charge in [-0.1, -0.05) is 146 Å². The Morgan fingerprint density at radius 1 is 0.183 bits per heavy atom. The van der Waals surface area contributed by atoms with Crippen molar-refractivity contribution in [2.24, 2.45) is 0 Å². The minimum Gasteiger partial charge on any atom is -0.609 e. The molecule has 0 saturated heterocycles. The summed E-state index contributed by atoms with van der Waals surface area (Å²) in [7, 11) is 33.8. The molecule has 0 fully saturated rings. The van der Waals surface area contributed by atoms with Gasteiger partial charge in [0, 0.05) is 174 Å². The van der Waals surface area contributed by atoms with Gasteiger partial charge in [0.05, 0.1) is 0 Å². The summed E-state index contributed by atoms with van der Waals surface area (Å²) in [6, 6.07) is 60.3. The summed E-state index contributed by atoms with van der Waals surface area (Å²) in [5.74, 6) is 4.84. The molecule has 7 heterocycles. The first kappa shape index (κ1) is 97.3. The van der Waals surface area contributed by atoms with Gasteiger partial charge in [-0.2, -0.15) is 0 Å². The molecule has 7 aliphatic heterocycles. The number of benzene rings is 12. The molecular formula is C90H100B3LaN10O22. The number of hydrogen-bond donors (Lipinski definition) is 0. The third kappa shape index (κ3) is 22.6. The fraction of sp³-hybridized carbons (Fsp3) is 0.222. The molecule has 7 aliphatic rings. The third-order valence-electron chi connectivity index (χ3n) is 17.9. The number of carbonyl (C=O) groups excluding carboxylic acids is 10. The molecule has 12 aromatic carbocycles. The maximum atomic E-state index is 9.43. The van der Waals surface area contributed by atoms with Crippen LogP contribution in [-0.2, 0) is 47.9 Å². The molecule has 654 valence electrons. The van der Waals surface area contributed by atoms with Crippen molar-refractivity contribution in [2.45, 2.75) is 0 Å². The van der Waals surface area contributed by atoms with Crippen LogP contribution < -0.4 is 55.9 Å². The van der Waals surface area contributed by atoms with E-state index in [1.54, 1.807) is 141 Å². The van der Waals surface area contributed by atoms with Gasteiger partial charge in [0.1, 0.15) is 69.0 Å². The van der Waals surface area contributed by atoms with Crippen LogP contribution in [0.2, 0.25) is 0 Å². The standard InChI is InChI=1S/C60H30B3O12.10C3H7NO.La/c1-7-19-37-31(13-1)25-43-55-49(37)50-38-20-8-2-14-32(38)26-44-56(50)71-62(66-44)67-46-28-34-16-5-11-23-41(34)53(58(46)73-62)54-42-24-12-6-18-36(42)30-48-60(54)75-63(69-48)68-47-29-35-17-4-10-22-40(35)52(59(47)74-63)51-39-21-9-3-15-33(39)27-45-57(51)72-61(64-43,65-45)70-55;10*1-4(2)3-5;/h1-30H;10*3H,1-2H3;/q-3;;;;;;;;;;;+3. The number of carbonyl (C=O) groups is 10. The predicted octanol–water partition coefficient (Wildman–Crippen LogP) is 11.0. The van der Waals surface area contributed by atoms with Crippen LogP contribution in [0.4, 0.5) is 0 Å². The minimum atomic E-state index is -3.07. The van der Waals surface area contributed by atoms with Crippen LogP contribution in [0.5, 0.6) is 69.0 Å². The second-order valence-electron chi connectivity index (χ2n) is 30.6. The Bertz CT molecular complexity index is 5000. The first-order valence-electron chi connectivity index (χ1n) is 38.8. The molecule has 0 unspecified atom stereocenters. The van der Waals surface area contributed by atoms with E-state index in [-0.39, 0.29) is 35.6 Å². The van der Waals surface area contributed by atoms with Crippen molar-refractivity contribution < 1.29 is 139 Å². The van der Waals surface area contributed by atoms with Gasteiger partial charge in [-0.25, -0.2) is 0 Å². The van der Waals surface area contributed by atoms with E-state index in [1.165, 1.54) is 49.0 Å². The van der Waals surface area contributed by atoms with Crippen LogP contribution in [0.1, 0.15) is 0 Å². The molecule has 0 saturated carbocycles. The Labute approximate surface area is 758 Å². The fourth-order valence-electron chi connectivity index (χ4n) is 12.8. The van der Waals surface area contributed by atoms with E-state index in [0.717, 1.165) is 129 Å². The number of rotatable bonds is 10. The number of amides is 10. The van der Waals surface area contributed by atoms with Crippen molar-refractivity contribution in [1.29, 1.82) is 0 Å². The third-order valence-corrected chi connectivity index (χ3v) is 17.9. The van der Waals surface area contributed by atoms with Crippen molar-refractivity contribution >= 4 is 150 Å². The largest absolute Gasteiger partial charge is 3.00 e. The predicted molar refractivity (Wildman–Crippen MR) is 483 cm³/mol. The summed E-state index contributed by atoms with van der Waals surface area (Å²) in [5, 5.41) is 10.4. The molecule has 0 atom stereocenters. The van der Waals surface area contributed by atoms with Crippen molar-refractivity contribution in [3.8, 4) is 102 Å². The summed E-state index contributed by atoms with van der Waals surface area (Å²) in [6.07, 6.45) is 7.50. The Hall–Kier alpha value is -14.1. The first-order chi connectivity index (χ1) is 59.6. The molecule has 3 spiro atoms. The maximum absolute atomic E-state index is 9.43. The molecule has 36 heteroatoms.